The molecule has 3 N–H and O–H groups in total. The van der Waals surface area contributed by atoms with Gasteiger partial charge in [0.2, 0.25) is 5.60 Å². The zero-order valence-corrected chi connectivity index (χ0v) is 19.3. The summed E-state index contributed by atoms with van der Waals surface area (Å²) >= 11 is 0. The first-order valence-corrected chi connectivity index (χ1v) is 10.7. The number of carboxylic acid groups (broad SMARTS) is 1. The van der Waals surface area contributed by atoms with E-state index in [9.17, 15) is 14.7 Å². The van der Waals surface area contributed by atoms with Crippen molar-refractivity contribution in [2.75, 3.05) is 19.0 Å². The Morgan fingerprint density at radius 2 is 2.00 bits per heavy atom. The van der Waals surface area contributed by atoms with Crippen molar-refractivity contribution in [3.05, 3.63) is 46.1 Å². The van der Waals surface area contributed by atoms with Crippen LogP contribution in [0.25, 0.3) is 0 Å². The van der Waals surface area contributed by atoms with Gasteiger partial charge in [-0.05, 0) is 38.8 Å². The summed E-state index contributed by atoms with van der Waals surface area (Å²) in [5, 5.41) is 20.5. The monoisotopic (exact) mass is 444 g/mol. The van der Waals surface area contributed by atoms with Crippen molar-refractivity contribution in [1.29, 1.82) is 5.41 Å². The van der Waals surface area contributed by atoms with Crippen LogP contribution in [0.4, 0.5) is 5.69 Å². The van der Waals surface area contributed by atoms with Gasteiger partial charge in [-0.2, -0.15) is 0 Å². The van der Waals surface area contributed by atoms with Crippen molar-refractivity contribution in [3.63, 3.8) is 0 Å². The Hall–Kier alpha value is -3.36. The van der Waals surface area contributed by atoms with E-state index in [0.717, 1.165) is 6.42 Å². The predicted molar refractivity (Wildman–Crippen MR) is 123 cm³/mol. The molecule has 0 bridgehead atoms. The van der Waals surface area contributed by atoms with E-state index in [1.54, 1.807) is 45.2 Å². The Balaban J connectivity index is 2.15. The third kappa shape index (κ3) is 5.66. The number of aliphatic carboxylic acids is 1. The highest BCUT2D eigenvalue weighted by atomic mass is 16.5. The fourth-order valence-corrected chi connectivity index (χ4v) is 3.15. The third-order valence-corrected chi connectivity index (χ3v) is 5.26. The second-order valence-electron chi connectivity index (χ2n) is 7.63. The number of hydrogen-bond acceptors (Lipinski definition) is 7. The molecule has 1 atom stereocenters. The molecule has 1 aromatic heterocycles. The van der Waals surface area contributed by atoms with Crippen LogP contribution >= 0.6 is 0 Å². The molecule has 0 spiro atoms. The fourth-order valence-electron chi connectivity index (χ4n) is 3.15. The van der Waals surface area contributed by atoms with E-state index in [4.69, 9.17) is 14.9 Å². The van der Waals surface area contributed by atoms with Crippen LogP contribution in [-0.2, 0) is 11.3 Å². The molecular weight excluding hydrogens is 412 g/mol. The summed E-state index contributed by atoms with van der Waals surface area (Å²) in [6, 6.07) is 6.75. The number of nitrogens with zero attached hydrogens (tertiary/aromatic N) is 2. The highest BCUT2D eigenvalue weighted by Gasteiger charge is 2.33. The molecule has 2 aromatic rings. The molecular formula is C23H32N4O5. The molecule has 0 aliphatic heterocycles. The lowest BCUT2D eigenvalue weighted by molar-refractivity contribution is -0.154. The Kier molecular flexibility index (Phi) is 8.40. The highest BCUT2D eigenvalue weighted by molar-refractivity contribution is 6.00. The van der Waals surface area contributed by atoms with Gasteiger partial charge in [0, 0.05) is 13.1 Å². The van der Waals surface area contributed by atoms with Crippen molar-refractivity contribution in [1.82, 2.24) is 9.55 Å². The molecule has 0 aliphatic carbocycles. The largest absolute Gasteiger partial charge is 0.492 e. The molecule has 0 fully saturated rings. The van der Waals surface area contributed by atoms with E-state index in [0.29, 0.717) is 47.3 Å². The van der Waals surface area contributed by atoms with Gasteiger partial charge in [-0.25, -0.2) is 9.78 Å². The molecule has 0 unspecified atom stereocenters. The second-order valence-corrected chi connectivity index (χ2v) is 7.63. The second kappa shape index (κ2) is 10.8. The zero-order chi connectivity index (χ0) is 23.9. The first-order chi connectivity index (χ1) is 15.2. The number of hydrogen-bond donors (Lipinski definition) is 3. The molecule has 174 valence electrons. The van der Waals surface area contributed by atoms with Crippen LogP contribution in [0.15, 0.2) is 29.1 Å². The molecule has 0 amide bonds. The van der Waals surface area contributed by atoms with Crippen molar-refractivity contribution in [2.45, 2.75) is 59.1 Å². The van der Waals surface area contributed by atoms with Gasteiger partial charge >= 0.3 is 5.97 Å². The maximum atomic E-state index is 12.9. The van der Waals surface area contributed by atoms with Crippen LogP contribution in [0.5, 0.6) is 11.5 Å². The maximum Gasteiger partial charge on any atom is 0.347 e. The van der Waals surface area contributed by atoms with E-state index in [1.807, 2.05) is 6.92 Å². The Labute approximate surface area is 187 Å². The van der Waals surface area contributed by atoms with Gasteiger partial charge in [0.15, 0.2) is 0 Å². The highest BCUT2D eigenvalue weighted by Crippen LogP contribution is 2.25. The third-order valence-electron chi connectivity index (χ3n) is 5.26. The van der Waals surface area contributed by atoms with Crippen LogP contribution in [0, 0.1) is 12.3 Å². The Bertz CT molecular complexity index is 1030. The van der Waals surface area contributed by atoms with Crippen molar-refractivity contribution < 1.29 is 19.4 Å². The summed E-state index contributed by atoms with van der Waals surface area (Å²) < 4.78 is 13.0. The van der Waals surface area contributed by atoms with Gasteiger partial charge in [-0.3, -0.25) is 9.36 Å². The Morgan fingerprint density at radius 1 is 1.31 bits per heavy atom. The summed E-state index contributed by atoms with van der Waals surface area (Å²) in [7, 11) is 1.64. The van der Waals surface area contributed by atoms with E-state index < -0.39 is 11.6 Å². The smallest absolute Gasteiger partial charge is 0.347 e. The number of anilines is 1. The van der Waals surface area contributed by atoms with Gasteiger partial charge < -0.3 is 25.3 Å². The van der Waals surface area contributed by atoms with Gasteiger partial charge in [-0.1, -0.05) is 26.3 Å². The molecule has 9 heteroatoms. The maximum absolute atomic E-state index is 12.9. The summed E-state index contributed by atoms with van der Waals surface area (Å²) in [6.45, 7) is 7.44. The summed E-state index contributed by atoms with van der Waals surface area (Å²) in [5.41, 5.74) is -0.562. The number of carboxylic acids is 1. The molecule has 0 aliphatic rings. The summed E-state index contributed by atoms with van der Waals surface area (Å²) in [4.78, 5) is 28.9. The van der Waals surface area contributed by atoms with Gasteiger partial charge in [0.05, 0.1) is 12.3 Å². The summed E-state index contributed by atoms with van der Waals surface area (Å²) in [6.07, 6.45) is 1.65. The van der Waals surface area contributed by atoms with E-state index >= 15 is 0 Å². The van der Waals surface area contributed by atoms with E-state index in [-0.39, 0.29) is 18.7 Å². The van der Waals surface area contributed by atoms with Gasteiger partial charge in [-0.15, -0.1) is 0 Å². The van der Waals surface area contributed by atoms with Crippen molar-refractivity contribution in [2.24, 2.45) is 0 Å². The van der Waals surface area contributed by atoms with Gasteiger partial charge in [0.25, 0.3) is 5.56 Å². The molecule has 9 nitrogen and oxygen atoms in total. The fraction of sp³-hybridized carbons (Fsp3) is 0.478. The molecule has 32 heavy (non-hydrogen) atoms. The minimum atomic E-state index is -1.33. The number of nitrogens with one attached hydrogen (secondary N) is 2. The van der Waals surface area contributed by atoms with Gasteiger partial charge in [0.1, 0.15) is 35.3 Å². The number of benzene rings is 1. The molecule has 2 rings (SSSR count). The first-order valence-electron chi connectivity index (χ1n) is 10.7. The normalized spacial score (nSPS) is 12.7. The number of aryl methyl sites for hydroxylation is 1. The van der Waals surface area contributed by atoms with Crippen LogP contribution in [0.3, 0.4) is 0 Å². The lowest BCUT2D eigenvalue weighted by atomic mass is 10.0. The topological polar surface area (TPSA) is 127 Å². The zero-order valence-electron chi connectivity index (χ0n) is 19.3. The minimum absolute atomic E-state index is 0.199. The van der Waals surface area contributed by atoms with Crippen LogP contribution < -0.4 is 20.3 Å². The van der Waals surface area contributed by atoms with Crippen LogP contribution in [0.2, 0.25) is 0 Å². The molecule has 1 aromatic carbocycles. The lowest BCUT2D eigenvalue weighted by Gasteiger charge is -2.25. The number of rotatable bonds is 12. The molecule has 0 radical (unpaired) electrons. The van der Waals surface area contributed by atoms with Crippen LogP contribution in [0.1, 0.15) is 51.6 Å². The number of carbonyl (C=O) groups is 1. The molecule has 0 saturated carbocycles. The SMILES string of the molecule is CCCC(=N)c1nc(C)n(CCOc2cccc(O[C@@](C)(CC)C(=O)O)c2)c(=O)c1NC. The molecule has 0 saturated heterocycles. The predicted octanol–water partition coefficient (Wildman–Crippen LogP) is 3.47. The van der Waals surface area contributed by atoms with Crippen molar-refractivity contribution in [3.8, 4) is 11.5 Å². The van der Waals surface area contributed by atoms with E-state index in [2.05, 4.69) is 10.3 Å². The average molecular weight is 445 g/mol. The van der Waals surface area contributed by atoms with E-state index in [1.165, 1.54) is 11.5 Å². The van der Waals surface area contributed by atoms with Crippen molar-refractivity contribution >= 4 is 17.4 Å². The Morgan fingerprint density at radius 3 is 2.59 bits per heavy atom. The molecule has 1 heterocycles. The first kappa shape index (κ1) is 24.9. The minimum Gasteiger partial charge on any atom is -0.492 e. The quantitative estimate of drug-likeness (QED) is 0.428. The number of ether oxygens (including phenoxy) is 2. The average Bonchev–Trinajstić information content (AvgIpc) is 2.75. The number of aromatic nitrogens is 2. The standard InChI is InChI=1S/C23H32N4O5/c1-6-9-18(24)19-20(25-5)21(28)27(15(3)26-19)12-13-31-16-10-8-11-17(14-16)32-23(4,7-2)22(29)30/h8,10-11,14,24-25H,6-7,9,12-13H2,1-5H3,(H,29,30)/t23-/m0/s1. The summed E-state index contributed by atoms with van der Waals surface area (Å²) in [5.74, 6) is 0.357. The lowest BCUT2D eigenvalue weighted by Crippen LogP contribution is -2.40. The van der Waals surface area contributed by atoms with Crippen LogP contribution in [-0.4, -0.2) is 45.6 Å².